The molecule has 0 aliphatic carbocycles. The highest BCUT2D eigenvalue weighted by Crippen LogP contribution is 2.28. The van der Waals surface area contributed by atoms with Gasteiger partial charge in [0.15, 0.2) is 0 Å². The van der Waals surface area contributed by atoms with Crippen molar-refractivity contribution >= 4 is 5.69 Å². The van der Waals surface area contributed by atoms with Crippen molar-refractivity contribution in [1.29, 1.82) is 0 Å². The lowest BCUT2D eigenvalue weighted by Crippen LogP contribution is -2.24. The topological polar surface area (TPSA) is 35.5 Å². The van der Waals surface area contributed by atoms with Crippen molar-refractivity contribution in [2.24, 2.45) is 5.92 Å². The van der Waals surface area contributed by atoms with Crippen molar-refractivity contribution in [3.63, 3.8) is 0 Å². The summed E-state index contributed by atoms with van der Waals surface area (Å²) in [6.45, 7) is 6.20. The summed E-state index contributed by atoms with van der Waals surface area (Å²) >= 11 is 0. The molecule has 1 saturated heterocycles. The molecule has 1 fully saturated rings. The average molecular weight is 284 g/mol. The molecule has 5 heteroatoms. The van der Waals surface area contributed by atoms with Gasteiger partial charge in [0, 0.05) is 19.6 Å². The molecule has 0 bridgehead atoms. The van der Waals surface area contributed by atoms with E-state index in [4.69, 9.17) is 0 Å². The van der Waals surface area contributed by atoms with E-state index in [-0.39, 0.29) is 5.69 Å². The fraction of sp³-hybridized carbons (Fsp3) is 0.600. The van der Waals surface area contributed by atoms with Crippen LogP contribution in [0.5, 0.6) is 0 Å². The lowest BCUT2D eigenvalue weighted by atomic mass is 10.1. The van der Waals surface area contributed by atoms with Crippen LogP contribution in [0, 0.1) is 17.6 Å². The van der Waals surface area contributed by atoms with Gasteiger partial charge in [-0.2, -0.15) is 0 Å². The standard InChI is InChI=1S/C15H22F2N2O/c1-10(2)7-18-8-11-5-13(16)15(14(17)6-11)19-4-3-12(20)9-19/h5-6,10,12,18,20H,3-4,7-9H2,1-2H3. The summed E-state index contributed by atoms with van der Waals surface area (Å²) in [4.78, 5) is 1.57. The van der Waals surface area contributed by atoms with Crippen LogP contribution in [0.4, 0.5) is 14.5 Å². The number of anilines is 1. The number of nitrogens with zero attached hydrogens (tertiary/aromatic N) is 1. The van der Waals surface area contributed by atoms with Crippen LogP contribution in [-0.4, -0.2) is 30.8 Å². The molecule has 1 unspecified atom stereocenters. The van der Waals surface area contributed by atoms with E-state index >= 15 is 0 Å². The Bertz CT molecular complexity index is 442. The minimum atomic E-state index is -0.555. The average Bonchev–Trinajstić information content (AvgIpc) is 2.74. The molecule has 3 nitrogen and oxygen atoms in total. The van der Waals surface area contributed by atoms with Crippen molar-refractivity contribution < 1.29 is 13.9 Å². The van der Waals surface area contributed by atoms with E-state index < -0.39 is 17.7 Å². The Morgan fingerprint density at radius 1 is 1.35 bits per heavy atom. The second kappa shape index (κ2) is 6.50. The van der Waals surface area contributed by atoms with Gasteiger partial charge in [-0.1, -0.05) is 13.8 Å². The van der Waals surface area contributed by atoms with Gasteiger partial charge >= 0.3 is 0 Å². The summed E-state index contributed by atoms with van der Waals surface area (Å²) < 4.78 is 28.2. The highest BCUT2D eigenvalue weighted by Gasteiger charge is 2.25. The molecule has 0 spiro atoms. The first-order valence-electron chi connectivity index (χ1n) is 7.09. The number of halogens is 2. The Balaban J connectivity index is 2.08. The predicted octanol–water partition coefficient (Wildman–Crippen LogP) is 2.28. The maximum atomic E-state index is 14.1. The number of β-amino-alcohol motifs (C(OH)–C–C–N with tert-alkyl or cyclic N) is 1. The first-order valence-corrected chi connectivity index (χ1v) is 7.09. The number of benzene rings is 1. The third-order valence-corrected chi connectivity index (χ3v) is 3.44. The fourth-order valence-corrected chi connectivity index (χ4v) is 2.47. The number of rotatable bonds is 5. The van der Waals surface area contributed by atoms with Gasteiger partial charge in [-0.15, -0.1) is 0 Å². The quantitative estimate of drug-likeness (QED) is 0.871. The van der Waals surface area contributed by atoms with Crippen molar-refractivity contribution in [3.8, 4) is 0 Å². The van der Waals surface area contributed by atoms with Crippen molar-refractivity contribution in [3.05, 3.63) is 29.3 Å². The Labute approximate surface area is 118 Å². The van der Waals surface area contributed by atoms with Gasteiger partial charge in [-0.25, -0.2) is 8.78 Å². The lowest BCUT2D eigenvalue weighted by molar-refractivity contribution is 0.198. The van der Waals surface area contributed by atoms with Crippen LogP contribution in [-0.2, 0) is 6.54 Å². The summed E-state index contributed by atoms with van der Waals surface area (Å²) in [7, 11) is 0. The first-order chi connectivity index (χ1) is 9.47. The van der Waals surface area contributed by atoms with Crippen molar-refractivity contribution in [2.75, 3.05) is 24.5 Å². The van der Waals surface area contributed by atoms with Crippen molar-refractivity contribution in [2.45, 2.75) is 32.9 Å². The highest BCUT2D eigenvalue weighted by atomic mass is 19.1. The molecule has 1 aliphatic heterocycles. The van der Waals surface area contributed by atoms with Gasteiger partial charge in [-0.3, -0.25) is 0 Å². The van der Waals surface area contributed by atoms with Crippen LogP contribution in [0.2, 0.25) is 0 Å². The third kappa shape index (κ3) is 3.67. The molecule has 2 N–H and O–H groups in total. The maximum absolute atomic E-state index is 14.1. The minimum absolute atomic E-state index is 0.0193. The summed E-state index contributed by atoms with van der Waals surface area (Å²) in [5.74, 6) is -0.615. The van der Waals surface area contributed by atoms with E-state index in [9.17, 15) is 13.9 Å². The molecule has 0 aromatic heterocycles. The second-order valence-corrected chi connectivity index (χ2v) is 5.82. The molecule has 1 aliphatic rings. The molecule has 20 heavy (non-hydrogen) atoms. The minimum Gasteiger partial charge on any atom is -0.391 e. The van der Waals surface area contributed by atoms with Gasteiger partial charge < -0.3 is 15.3 Å². The molecule has 0 radical (unpaired) electrons. The van der Waals surface area contributed by atoms with Crippen LogP contribution in [0.1, 0.15) is 25.8 Å². The number of aliphatic hydroxyl groups is 1. The van der Waals surface area contributed by atoms with Crippen LogP contribution < -0.4 is 10.2 Å². The zero-order valence-electron chi connectivity index (χ0n) is 12.0. The Morgan fingerprint density at radius 3 is 2.50 bits per heavy atom. The largest absolute Gasteiger partial charge is 0.391 e. The monoisotopic (exact) mass is 284 g/mol. The zero-order chi connectivity index (χ0) is 14.7. The van der Waals surface area contributed by atoms with E-state index in [2.05, 4.69) is 19.2 Å². The van der Waals surface area contributed by atoms with Crippen molar-refractivity contribution in [1.82, 2.24) is 5.32 Å². The normalized spacial score (nSPS) is 19.1. The Morgan fingerprint density at radius 2 is 2.00 bits per heavy atom. The zero-order valence-corrected chi connectivity index (χ0v) is 12.0. The number of nitrogens with one attached hydrogen (secondary N) is 1. The van der Waals surface area contributed by atoms with Gasteiger partial charge in [0.2, 0.25) is 0 Å². The molecule has 0 saturated carbocycles. The van der Waals surface area contributed by atoms with Crippen LogP contribution >= 0.6 is 0 Å². The second-order valence-electron chi connectivity index (χ2n) is 5.82. The molecule has 1 aromatic rings. The number of hydrogen-bond donors (Lipinski definition) is 2. The summed E-state index contributed by atoms with van der Waals surface area (Å²) in [5, 5.41) is 12.6. The Hall–Kier alpha value is -1.20. The summed E-state index contributed by atoms with van der Waals surface area (Å²) in [5.41, 5.74) is 0.582. The molecular formula is C15H22F2N2O. The first kappa shape index (κ1) is 15.2. The van der Waals surface area contributed by atoms with E-state index in [0.717, 1.165) is 6.54 Å². The molecule has 0 amide bonds. The molecule has 112 valence electrons. The van der Waals surface area contributed by atoms with Gasteiger partial charge in [0.1, 0.15) is 17.3 Å². The highest BCUT2D eigenvalue weighted by molar-refractivity contribution is 5.51. The van der Waals surface area contributed by atoms with Crippen LogP contribution in [0.25, 0.3) is 0 Å². The fourth-order valence-electron chi connectivity index (χ4n) is 2.47. The summed E-state index contributed by atoms with van der Waals surface area (Å²) in [6.07, 6.45) is 0.0533. The molecule has 1 aromatic carbocycles. The van der Waals surface area contributed by atoms with Crippen LogP contribution in [0.15, 0.2) is 12.1 Å². The van der Waals surface area contributed by atoms with E-state index in [1.165, 1.54) is 12.1 Å². The Kier molecular flexibility index (Phi) is 4.94. The summed E-state index contributed by atoms with van der Waals surface area (Å²) in [6, 6.07) is 2.74. The molecule has 2 rings (SSSR count). The smallest absolute Gasteiger partial charge is 0.149 e. The number of aliphatic hydroxyl groups excluding tert-OH is 1. The van der Waals surface area contributed by atoms with E-state index in [1.807, 2.05) is 0 Å². The predicted molar refractivity (Wildman–Crippen MR) is 75.7 cm³/mol. The van der Waals surface area contributed by atoms with Gasteiger partial charge in [-0.05, 0) is 36.6 Å². The van der Waals surface area contributed by atoms with Gasteiger partial charge in [0.05, 0.1) is 6.10 Å². The van der Waals surface area contributed by atoms with E-state index in [1.54, 1.807) is 4.90 Å². The molecule has 1 heterocycles. The third-order valence-electron chi connectivity index (χ3n) is 3.44. The molecule has 1 atom stereocenters. The lowest BCUT2D eigenvalue weighted by Gasteiger charge is -2.20. The van der Waals surface area contributed by atoms with Gasteiger partial charge in [0.25, 0.3) is 0 Å². The number of hydrogen-bond acceptors (Lipinski definition) is 3. The van der Waals surface area contributed by atoms with Crippen LogP contribution in [0.3, 0.4) is 0 Å². The molecular weight excluding hydrogens is 262 g/mol. The SMILES string of the molecule is CC(C)CNCc1cc(F)c(N2CCC(O)C2)c(F)c1. The van der Waals surface area contributed by atoms with E-state index in [0.29, 0.717) is 37.5 Å². The maximum Gasteiger partial charge on any atom is 0.149 e.